The average molecular weight is 214 g/mol. The van der Waals surface area contributed by atoms with Gasteiger partial charge in [0.25, 0.3) is 0 Å². The van der Waals surface area contributed by atoms with Crippen LogP contribution in [0.5, 0.6) is 0 Å². The Balaban J connectivity index is 2.33. The molecule has 0 aromatic carbocycles. The number of aliphatic carboxylic acids is 1. The highest BCUT2D eigenvalue weighted by molar-refractivity contribution is 5.82. The Morgan fingerprint density at radius 1 is 1.53 bits per heavy atom. The molecule has 2 unspecified atom stereocenters. The summed E-state index contributed by atoms with van der Waals surface area (Å²) in [4.78, 5) is 21.5. The molecule has 1 aliphatic rings. The lowest BCUT2D eigenvalue weighted by molar-refractivity contribution is -0.141. The number of hydrogen-bond donors (Lipinski definition) is 3. The van der Waals surface area contributed by atoms with Crippen molar-refractivity contribution in [2.45, 2.75) is 39.3 Å². The summed E-state index contributed by atoms with van der Waals surface area (Å²) in [5, 5.41) is 14.4. The zero-order chi connectivity index (χ0) is 11.6. The van der Waals surface area contributed by atoms with Crippen LogP contribution in [-0.4, -0.2) is 35.6 Å². The molecule has 15 heavy (non-hydrogen) atoms. The minimum atomic E-state index is -1.00. The first-order valence-electron chi connectivity index (χ1n) is 5.06. The van der Waals surface area contributed by atoms with Gasteiger partial charge in [-0.3, -0.25) is 4.79 Å². The smallest absolute Gasteiger partial charge is 0.327 e. The van der Waals surface area contributed by atoms with Crippen molar-refractivity contribution >= 4 is 11.9 Å². The topological polar surface area (TPSA) is 78.4 Å². The molecule has 0 heterocycles. The predicted octanol–water partition coefficient (Wildman–Crippen LogP) is -0.0362. The number of amides is 1. The van der Waals surface area contributed by atoms with Gasteiger partial charge in [0, 0.05) is 19.5 Å². The van der Waals surface area contributed by atoms with Crippen LogP contribution in [0.4, 0.5) is 0 Å². The van der Waals surface area contributed by atoms with Gasteiger partial charge in [0.15, 0.2) is 0 Å². The molecule has 1 aliphatic carbocycles. The van der Waals surface area contributed by atoms with E-state index in [1.165, 1.54) is 6.92 Å². The van der Waals surface area contributed by atoms with E-state index in [0.717, 1.165) is 6.42 Å². The second-order valence-corrected chi connectivity index (χ2v) is 4.74. The van der Waals surface area contributed by atoms with Crippen LogP contribution >= 0.6 is 0 Å². The van der Waals surface area contributed by atoms with Crippen LogP contribution in [0.2, 0.25) is 0 Å². The molecule has 5 nitrogen and oxygen atoms in total. The van der Waals surface area contributed by atoms with Crippen molar-refractivity contribution in [3.63, 3.8) is 0 Å². The summed E-state index contributed by atoms with van der Waals surface area (Å²) in [6.07, 6.45) is 1.05. The Bertz CT molecular complexity index is 276. The lowest BCUT2D eigenvalue weighted by Crippen LogP contribution is -2.47. The predicted molar refractivity (Wildman–Crippen MR) is 55.4 cm³/mol. The summed E-state index contributed by atoms with van der Waals surface area (Å²) in [6.45, 7) is 5.84. The van der Waals surface area contributed by atoms with Gasteiger partial charge in [-0.25, -0.2) is 4.79 Å². The number of carboxylic acid groups (broad SMARTS) is 1. The molecule has 1 saturated carbocycles. The quantitative estimate of drug-likeness (QED) is 0.600. The molecule has 1 amide bonds. The Morgan fingerprint density at radius 3 is 2.40 bits per heavy atom. The highest BCUT2D eigenvalue weighted by atomic mass is 16.4. The van der Waals surface area contributed by atoms with E-state index >= 15 is 0 Å². The molecule has 0 aliphatic heterocycles. The number of carbonyl (C=O) groups is 2. The van der Waals surface area contributed by atoms with Gasteiger partial charge in [-0.1, -0.05) is 13.8 Å². The van der Waals surface area contributed by atoms with E-state index in [9.17, 15) is 9.59 Å². The number of hydrogen-bond acceptors (Lipinski definition) is 3. The van der Waals surface area contributed by atoms with Gasteiger partial charge >= 0.3 is 5.97 Å². The summed E-state index contributed by atoms with van der Waals surface area (Å²) < 4.78 is 0. The summed E-state index contributed by atoms with van der Waals surface area (Å²) in [5.74, 6) is -1.32. The van der Waals surface area contributed by atoms with Gasteiger partial charge in [0.1, 0.15) is 6.04 Å². The molecule has 1 fully saturated rings. The summed E-state index contributed by atoms with van der Waals surface area (Å²) >= 11 is 0. The standard InChI is InChI=1S/C10H18N2O3/c1-6(13)12-7(9(14)15)5-11-8-4-10(8,2)3/h7-8,11H,4-5H2,1-3H3,(H,12,13)(H,14,15). The monoisotopic (exact) mass is 214 g/mol. The number of carboxylic acids is 1. The van der Waals surface area contributed by atoms with Crippen LogP contribution < -0.4 is 10.6 Å². The Labute approximate surface area is 89.2 Å². The fourth-order valence-electron chi connectivity index (χ4n) is 1.52. The van der Waals surface area contributed by atoms with Crippen molar-refractivity contribution in [1.29, 1.82) is 0 Å². The molecule has 5 heteroatoms. The fourth-order valence-corrected chi connectivity index (χ4v) is 1.52. The van der Waals surface area contributed by atoms with Crippen molar-refractivity contribution in [3.05, 3.63) is 0 Å². The number of rotatable bonds is 5. The first-order chi connectivity index (χ1) is 6.83. The van der Waals surface area contributed by atoms with Crippen molar-refractivity contribution in [2.24, 2.45) is 5.41 Å². The molecule has 0 radical (unpaired) electrons. The fraction of sp³-hybridized carbons (Fsp3) is 0.800. The summed E-state index contributed by atoms with van der Waals surface area (Å²) in [6, 6.07) is -0.466. The van der Waals surface area contributed by atoms with E-state index in [1.54, 1.807) is 0 Å². The number of nitrogens with one attached hydrogen (secondary N) is 2. The lowest BCUT2D eigenvalue weighted by atomic mass is 10.2. The van der Waals surface area contributed by atoms with Crippen LogP contribution in [0.15, 0.2) is 0 Å². The van der Waals surface area contributed by atoms with E-state index in [2.05, 4.69) is 24.5 Å². The largest absolute Gasteiger partial charge is 0.480 e. The van der Waals surface area contributed by atoms with E-state index < -0.39 is 12.0 Å². The zero-order valence-electron chi connectivity index (χ0n) is 9.33. The average Bonchev–Trinajstić information content (AvgIpc) is 2.66. The SMILES string of the molecule is CC(=O)NC(CNC1CC1(C)C)C(=O)O. The minimum absolute atomic E-state index is 0.263. The van der Waals surface area contributed by atoms with Gasteiger partial charge < -0.3 is 15.7 Å². The Morgan fingerprint density at radius 2 is 2.07 bits per heavy atom. The summed E-state index contributed by atoms with van der Waals surface area (Å²) in [7, 11) is 0. The molecular formula is C10H18N2O3. The maximum atomic E-state index is 10.8. The second-order valence-electron chi connectivity index (χ2n) is 4.74. The van der Waals surface area contributed by atoms with Crippen LogP contribution in [0, 0.1) is 5.41 Å². The van der Waals surface area contributed by atoms with Crippen molar-refractivity contribution in [2.75, 3.05) is 6.54 Å². The minimum Gasteiger partial charge on any atom is -0.480 e. The molecule has 2 atom stereocenters. The molecule has 0 aromatic heterocycles. The molecule has 1 rings (SSSR count). The Hall–Kier alpha value is -1.10. The van der Waals surface area contributed by atoms with Crippen molar-refractivity contribution in [1.82, 2.24) is 10.6 Å². The van der Waals surface area contributed by atoms with Gasteiger partial charge in [-0.05, 0) is 11.8 Å². The number of carbonyl (C=O) groups excluding carboxylic acids is 1. The molecular weight excluding hydrogens is 196 g/mol. The maximum Gasteiger partial charge on any atom is 0.327 e. The van der Waals surface area contributed by atoms with Crippen LogP contribution in [0.3, 0.4) is 0 Å². The zero-order valence-corrected chi connectivity index (χ0v) is 9.33. The molecule has 0 spiro atoms. The normalized spacial score (nSPS) is 24.3. The van der Waals surface area contributed by atoms with Crippen LogP contribution in [0.1, 0.15) is 27.2 Å². The van der Waals surface area contributed by atoms with Crippen molar-refractivity contribution in [3.8, 4) is 0 Å². The van der Waals surface area contributed by atoms with E-state index in [4.69, 9.17) is 5.11 Å². The first-order valence-corrected chi connectivity index (χ1v) is 5.06. The van der Waals surface area contributed by atoms with Gasteiger partial charge in [0.2, 0.25) is 5.91 Å². The maximum absolute atomic E-state index is 10.8. The van der Waals surface area contributed by atoms with Crippen LogP contribution in [-0.2, 0) is 9.59 Å². The highest BCUT2D eigenvalue weighted by Gasteiger charge is 2.45. The van der Waals surface area contributed by atoms with Gasteiger partial charge in [0.05, 0.1) is 0 Å². The van der Waals surface area contributed by atoms with E-state index in [-0.39, 0.29) is 17.9 Å². The second kappa shape index (κ2) is 4.18. The lowest BCUT2D eigenvalue weighted by Gasteiger charge is -2.14. The molecule has 86 valence electrons. The third-order valence-corrected chi connectivity index (χ3v) is 2.76. The molecule has 0 saturated heterocycles. The third kappa shape index (κ3) is 3.51. The molecule has 3 N–H and O–H groups in total. The Kier molecular flexibility index (Phi) is 3.34. The van der Waals surface area contributed by atoms with E-state index in [0.29, 0.717) is 6.04 Å². The van der Waals surface area contributed by atoms with Crippen LogP contribution in [0.25, 0.3) is 0 Å². The van der Waals surface area contributed by atoms with Crippen molar-refractivity contribution < 1.29 is 14.7 Å². The van der Waals surface area contributed by atoms with E-state index in [1.807, 2.05) is 0 Å². The molecule has 0 aromatic rings. The third-order valence-electron chi connectivity index (χ3n) is 2.76. The molecule has 0 bridgehead atoms. The highest BCUT2D eigenvalue weighted by Crippen LogP contribution is 2.44. The first kappa shape index (κ1) is 12.0. The van der Waals surface area contributed by atoms with Gasteiger partial charge in [-0.2, -0.15) is 0 Å². The summed E-state index contributed by atoms with van der Waals surface area (Å²) in [5.41, 5.74) is 0.263. The van der Waals surface area contributed by atoms with Gasteiger partial charge in [-0.15, -0.1) is 0 Å².